The van der Waals surface area contributed by atoms with Gasteiger partial charge in [-0.25, -0.2) is 0 Å². The molecule has 4 nitrogen and oxygen atoms in total. The zero-order valence-electron chi connectivity index (χ0n) is 8.94. The van der Waals surface area contributed by atoms with E-state index in [0.717, 1.165) is 12.8 Å². The molecule has 0 fully saturated rings. The Morgan fingerprint density at radius 3 is 2.93 bits per heavy atom. The molecule has 1 unspecified atom stereocenters. The van der Waals surface area contributed by atoms with Crippen LogP contribution in [0.25, 0.3) is 0 Å². The number of hydrogen-bond acceptors (Lipinski definition) is 3. The van der Waals surface area contributed by atoms with Crippen molar-refractivity contribution in [1.82, 2.24) is 10.3 Å². The van der Waals surface area contributed by atoms with E-state index in [1.54, 1.807) is 24.4 Å². The van der Waals surface area contributed by atoms with Crippen molar-refractivity contribution in [3.63, 3.8) is 0 Å². The highest BCUT2D eigenvalue weighted by Crippen LogP contribution is 1.98. The van der Waals surface area contributed by atoms with E-state index in [2.05, 4.69) is 17.2 Å². The Labute approximate surface area is 89.9 Å². The largest absolute Gasteiger partial charge is 0.347 e. The second kappa shape index (κ2) is 6.14. The fourth-order valence-corrected chi connectivity index (χ4v) is 1.35. The molecule has 4 heteroatoms. The molecule has 1 amide bonds. The monoisotopic (exact) mass is 207 g/mol. The molecule has 0 aliphatic carbocycles. The molecule has 0 aliphatic rings. The van der Waals surface area contributed by atoms with Crippen LogP contribution in [0, 0.1) is 0 Å². The molecule has 1 aromatic rings. The first-order valence-electron chi connectivity index (χ1n) is 5.20. The zero-order chi connectivity index (χ0) is 11.1. The van der Waals surface area contributed by atoms with Crippen molar-refractivity contribution < 1.29 is 4.79 Å². The van der Waals surface area contributed by atoms with Crippen molar-refractivity contribution >= 4 is 5.91 Å². The van der Waals surface area contributed by atoms with Gasteiger partial charge in [0.1, 0.15) is 5.69 Å². The summed E-state index contributed by atoms with van der Waals surface area (Å²) in [4.78, 5) is 15.6. The number of nitrogens with two attached hydrogens (primary N) is 1. The minimum atomic E-state index is -0.153. The Balaban J connectivity index is 2.55. The average Bonchev–Trinajstić information content (AvgIpc) is 2.29. The van der Waals surface area contributed by atoms with Gasteiger partial charge in [0.25, 0.3) is 5.91 Å². The van der Waals surface area contributed by atoms with Crippen LogP contribution in [0.2, 0.25) is 0 Å². The van der Waals surface area contributed by atoms with Gasteiger partial charge >= 0.3 is 0 Å². The summed E-state index contributed by atoms with van der Waals surface area (Å²) in [6.07, 6.45) is 3.51. The fourth-order valence-electron chi connectivity index (χ4n) is 1.35. The van der Waals surface area contributed by atoms with Gasteiger partial charge in [-0.1, -0.05) is 19.4 Å². The molecule has 3 N–H and O–H groups in total. The fraction of sp³-hybridized carbons (Fsp3) is 0.455. The third-order valence-electron chi connectivity index (χ3n) is 2.15. The van der Waals surface area contributed by atoms with E-state index in [-0.39, 0.29) is 11.9 Å². The Bertz CT molecular complexity index is 300. The maximum Gasteiger partial charge on any atom is 0.270 e. The SMILES string of the molecule is CCCC(CN)NC(=O)c1ccccn1. The molecule has 0 bridgehead atoms. The highest BCUT2D eigenvalue weighted by molar-refractivity contribution is 5.92. The molecule has 1 atom stereocenters. The maximum absolute atomic E-state index is 11.7. The summed E-state index contributed by atoms with van der Waals surface area (Å²) in [6, 6.07) is 5.31. The van der Waals surface area contributed by atoms with Gasteiger partial charge in [0.2, 0.25) is 0 Å². The second-order valence-electron chi connectivity index (χ2n) is 3.41. The van der Waals surface area contributed by atoms with Crippen molar-refractivity contribution in [1.29, 1.82) is 0 Å². The van der Waals surface area contributed by atoms with Crippen LogP contribution in [-0.4, -0.2) is 23.5 Å². The summed E-state index contributed by atoms with van der Waals surface area (Å²) in [6.45, 7) is 2.53. The second-order valence-corrected chi connectivity index (χ2v) is 3.41. The quantitative estimate of drug-likeness (QED) is 0.755. The van der Waals surface area contributed by atoms with Gasteiger partial charge in [0.05, 0.1) is 0 Å². The molecule has 82 valence electrons. The molecule has 0 aliphatic heterocycles. The van der Waals surface area contributed by atoms with Crippen molar-refractivity contribution in [2.75, 3.05) is 6.54 Å². The lowest BCUT2D eigenvalue weighted by atomic mass is 10.1. The lowest BCUT2D eigenvalue weighted by molar-refractivity contribution is 0.0931. The predicted octanol–water partition coefficient (Wildman–Crippen LogP) is 0.939. The van der Waals surface area contributed by atoms with Gasteiger partial charge in [-0.05, 0) is 18.6 Å². The van der Waals surface area contributed by atoms with Crippen LogP contribution in [0.3, 0.4) is 0 Å². The van der Waals surface area contributed by atoms with Crippen molar-refractivity contribution in [2.24, 2.45) is 5.73 Å². The first-order valence-corrected chi connectivity index (χ1v) is 5.20. The Kier molecular flexibility index (Phi) is 4.77. The molecular weight excluding hydrogens is 190 g/mol. The number of rotatable bonds is 5. The van der Waals surface area contributed by atoms with E-state index in [0.29, 0.717) is 12.2 Å². The van der Waals surface area contributed by atoms with Crippen LogP contribution in [0.15, 0.2) is 24.4 Å². The number of aromatic nitrogens is 1. The number of carbonyl (C=O) groups is 1. The van der Waals surface area contributed by atoms with E-state index in [4.69, 9.17) is 5.73 Å². The third kappa shape index (κ3) is 3.67. The highest BCUT2D eigenvalue weighted by Gasteiger charge is 2.11. The minimum Gasteiger partial charge on any atom is -0.347 e. The van der Waals surface area contributed by atoms with E-state index >= 15 is 0 Å². The first-order chi connectivity index (χ1) is 7.27. The summed E-state index contributed by atoms with van der Waals surface area (Å²) in [5.74, 6) is -0.153. The van der Waals surface area contributed by atoms with Gasteiger partial charge in [-0.3, -0.25) is 9.78 Å². The smallest absolute Gasteiger partial charge is 0.270 e. The van der Waals surface area contributed by atoms with Crippen LogP contribution in [0.5, 0.6) is 0 Å². The molecule has 0 saturated carbocycles. The van der Waals surface area contributed by atoms with Crippen molar-refractivity contribution in [2.45, 2.75) is 25.8 Å². The average molecular weight is 207 g/mol. The predicted molar refractivity (Wildman–Crippen MR) is 59.5 cm³/mol. The van der Waals surface area contributed by atoms with Crippen LogP contribution in [0.4, 0.5) is 0 Å². The topological polar surface area (TPSA) is 68.0 Å². The lowest BCUT2D eigenvalue weighted by Crippen LogP contribution is -2.40. The molecule has 1 aromatic heterocycles. The van der Waals surface area contributed by atoms with Gasteiger partial charge in [-0.15, -0.1) is 0 Å². The molecule has 0 radical (unpaired) electrons. The number of pyridine rings is 1. The van der Waals surface area contributed by atoms with E-state index < -0.39 is 0 Å². The third-order valence-corrected chi connectivity index (χ3v) is 2.15. The van der Waals surface area contributed by atoms with Crippen LogP contribution >= 0.6 is 0 Å². The van der Waals surface area contributed by atoms with Crippen LogP contribution in [-0.2, 0) is 0 Å². The highest BCUT2D eigenvalue weighted by atomic mass is 16.1. The number of nitrogens with zero attached hydrogens (tertiary/aromatic N) is 1. The van der Waals surface area contributed by atoms with E-state index in [1.807, 2.05) is 0 Å². The van der Waals surface area contributed by atoms with Gasteiger partial charge in [-0.2, -0.15) is 0 Å². The summed E-state index contributed by atoms with van der Waals surface area (Å²) >= 11 is 0. The van der Waals surface area contributed by atoms with E-state index in [9.17, 15) is 4.79 Å². The van der Waals surface area contributed by atoms with Gasteiger partial charge < -0.3 is 11.1 Å². The summed E-state index contributed by atoms with van der Waals surface area (Å²) in [7, 11) is 0. The standard InChI is InChI=1S/C11H17N3O/c1-2-5-9(8-12)14-11(15)10-6-3-4-7-13-10/h3-4,6-7,9H,2,5,8,12H2,1H3,(H,14,15). The Morgan fingerprint density at radius 1 is 1.60 bits per heavy atom. The van der Waals surface area contributed by atoms with Gasteiger partial charge in [0.15, 0.2) is 0 Å². The van der Waals surface area contributed by atoms with Crippen LogP contribution < -0.4 is 11.1 Å². The lowest BCUT2D eigenvalue weighted by Gasteiger charge is -2.15. The number of nitrogens with one attached hydrogen (secondary N) is 1. The normalized spacial score (nSPS) is 12.1. The first kappa shape index (κ1) is 11.7. The van der Waals surface area contributed by atoms with E-state index in [1.165, 1.54) is 0 Å². The zero-order valence-corrected chi connectivity index (χ0v) is 8.94. The molecular formula is C11H17N3O. The molecule has 0 saturated heterocycles. The molecule has 1 heterocycles. The number of amides is 1. The van der Waals surface area contributed by atoms with Crippen molar-refractivity contribution in [3.8, 4) is 0 Å². The number of carbonyl (C=O) groups excluding carboxylic acids is 1. The Hall–Kier alpha value is -1.42. The molecule has 0 spiro atoms. The number of hydrogen-bond donors (Lipinski definition) is 2. The Morgan fingerprint density at radius 2 is 2.40 bits per heavy atom. The van der Waals surface area contributed by atoms with Gasteiger partial charge in [0, 0.05) is 18.8 Å². The summed E-state index contributed by atoms with van der Waals surface area (Å²) in [5, 5.41) is 2.86. The minimum absolute atomic E-state index is 0.0458. The maximum atomic E-state index is 11.7. The summed E-state index contributed by atoms with van der Waals surface area (Å²) < 4.78 is 0. The van der Waals surface area contributed by atoms with Crippen molar-refractivity contribution in [3.05, 3.63) is 30.1 Å². The molecule has 0 aromatic carbocycles. The van der Waals surface area contributed by atoms with Crippen LogP contribution in [0.1, 0.15) is 30.3 Å². The molecule has 15 heavy (non-hydrogen) atoms. The molecule has 1 rings (SSSR count). The summed E-state index contributed by atoms with van der Waals surface area (Å²) in [5.41, 5.74) is 5.99.